The first-order valence-electron chi connectivity index (χ1n) is 20.9. The van der Waals surface area contributed by atoms with Crippen LogP contribution in [0.4, 0.5) is 0 Å². The van der Waals surface area contributed by atoms with Crippen LogP contribution in [-0.2, 0) is 5.41 Å². The molecule has 13 rings (SSSR count). The summed E-state index contributed by atoms with van der Waals surface area (Å²) in [7, 11) is 0. The fourth-order valence-electron chi connectivity index (χ4n) is 11.2. The molecule has 0 saturated carbocycles. The van der Waals surface area contributed by atoms with Gasteiger partial charge in [0.1, 0.15) is 0 Å². The van der Waals surface area contributed by atoms with E-state index in [-0.39, 0.29) is 5.41 Å². The highest BCUT2D eigenvalue weighted by Gasteiger charge is 2.33. The fraction of sp³-hybridized carbons (Fsp3) is 0.0508. The molecule has 0 nitrogen and oxygen atoms in total. The van der Waals surface area contributed by atoms with Crippen molar-refractivity contribution >= 4 is 91.8 Å². The minimum absolute atomic E-state index is 0.166. The summed E-state index contributed by atoms with van der Waals surface area (Å²) < 4.78 is 0. The van der Waals surface area contributed by atoms with Gasteiger partial charge in [0.25, 0.3) is 0 Å². The van der Waals surface area contributed by atoms with E-state index in [1.54, 1.807) is 0 Å². The molecule has 274 valence electrons. The first-order valence-corrected chi connectivity index (χ1v) is 20.9. The van der Waals surface area contributed by atoms with E-state index in [1.165, 1.54) is 125 Å². The zero-order valence-corrected chi connectivity index (χ0v) is 32.8. The summed E-state index contributed by atoms with van der Waals surface area (Å²) in [6, 6.07) is 68.6. The van der Waals surface area contributed by atoms with Crippen LogP contribution in [0.2, 0.25) is 0 Å². The summed E-state index contributed by atoms with van der Waals surface area (Å²) >= 11 is 0. The third-order valence-corrected chi connectivity index (χ3v) is 13.8. The van der Waals surface area contributed by atoms with Crippen LogP contribution >= 0.6 is 0 Å². The van der Waals surface area contributed by atoms with Gasteiger partial charge in [-0.05, 0) is 150 Å². The van der Waals surface area contributed by atoms with Crippen molar-refractivity contribution in [1.82, 2.24) is 0 Å². The molecular formula is C59H38. The van der Waals surface area contributed by atoms with Crippen LogP contribution in [0.15, 0.2) is 200 Å². The number of hydrogen-bond donors (Lipinski definition) is 0. The van der Waals surface area contributed by atoms with Crippen molar-refractivity contribution in [2.75, 3.05) is 0 Å². The van der Waals surface area contributed by atoms with Gasteiger partial charge < -0.3 is 0 Å². The van der Waals surface area contributed by atoms with Crippen LogP contribution < -0.4 is 0 Å². The Labute approximate surface area is 342 Å². The van der Waals surface area contributed by atoms with E-state index in [0.29, 0.717) is 0 Å². The monoisotopic (exact) mass is 746 g/mol. The normalized spacial score (nSPS) is 15.9. The van der Waals surface area contributed by atoms with E-state index in [0.717, 1.165) is 6.42 Å². The Hall–Kier alpha value is -7.28. The summed E-state index contributed by atoms with van der Waals surface area (Å²) in [6.07, 6.45) is 7.85. The SMILES string of the molecule is CC1(c2ccc3c(c2)c2cc4c(-c5ccccc5)c5c6cccc7c8ccccc8cc(c5c(-c5ccccc5)c4c4cccc3c24)c76)CC=CC=C1c1ccccc1. The van der Waals surface area contributed by atoms with Crippen LogP contribution in [0.25, 0.3) is 114 Å². The lowest BCUT2D eigenvalue weighted by atomic mass is 9.69. The van der Waals surface area contributed by atoms with Gasteiger partial charge in [0.15, 0.2) is 0 Å². The average Bonchev–Trinajstić information content (AvgIpc) is 3.80. The number of rotatable bonds is 4. The van der Waals surface area contributed by atoms with Gasteiger partial charge in [-0.15, -0.1) is 0 Å². The lowest BCUT2D eigenvalue weighted by Crippen LogP contribution is -2.24. The molecule has 0 saturated heterocycles. The fourth-order valence-corrected chi connectivity index (χ4v) is 11.2. The molecule has 1 unspecified atom stereocenters. The Morgan fingerprint density at radius 2 is 0.932 bits per heavy atom. The predicted octanol–water partition coefficient (Wildman–Crippen LogP) is 16.4. The molecule has 0 spiro atoms. The van der Waals surface area contributed by atoms with Gasteiger partial charge in [0, 0.05) is 5.41 Å². The van der Waals surface area contributed by atoms with Crippen molar-refractivity contribution in [3.05, 3.63) is 211 Å². The molecule has 0 aliphatic heterocycles. The quantitative estimate of drug-likeness (QED) is 0.157. The summed E-state index contributed by atoms with van der Waals surface area (Å²) in [5.74, 6) is 0. The number of allylic oxidation sites excluding steroid dienone is 4. The lowest BCUT2D eigenvalue weighted by Gasteiger charge is -2.34. The zero-order chi connectivity index (χ0) is 38.8. The molecular weight excluding hydrogens is 709 g/mol. The van der Waals surface area contributed by atoms with Gasteiger partial charge in [-0.3, -0.25) is 0 Å². The largest absolute Gasteiger partial charge is 0.0833 e. The van der Waals surface area contributed by atoms with Crippen LogP contribution in [0.1, 0.15) is 24.5 Å². The average molecular weight is 747 g/mol. The molecule has 1 aliphatic rings. The Morgan fingerprint density at radius 1 is 0.356 bits per heavy atom. The van der Waals surface area contributed by atoms with Crippen molar-refractivity contribution in [1.29, 1.82) is 0 Å². The van der Waals surface area contributed by atoms with Crippen molar-refractivity contribution < 1.29 is 0 Å². The molecule has 1 atom stereocenters. The molecule has 0 heteroatoms. The van der Waals surface area contributed by atoms with E-state index in [2.05, 4.69) is 207 Å². The third-order valence-electron chi connectivity index (χ3n) is 13.8. The van der Waals surface area contributed by atoms with Crippen molar-refractivity contribution in [3.8, 4) is 22.3 Å². The minimum Gasteiger partial charge on any atom is -0.0833 e. The maximum Gasteiger partial charge on any atom is 0.0215 e. The summed E-state index contributed by atoms with van der Waals surface area (Å²) in [5.41, 5.74) is 8.98. The molecule has 0 N–H and O–H groups in total. The number of fused-ring (bicyclic) bond motifs is 10. The highest BCUT2D eigenvalue weighted by Crippen LogP contribution is 2.55. The first kappa shape index (κ1) is 32.8. The Balaban J connectivity index is 1.24. The van der Waals surface area contributed by atoms with Crippen LogP contribution in [0.3, 0.4) is 0 Å². The number of benzene rings is 10. The standard InChI is InChI=1S/C59H38/c1-59(32-14-13-29-51(59)36-17-5-2-6-18-36)40-30-31-42-44-26-16-27-45-54(44)48(47(42)34-40)35-50-52(37-19-7-3-8-20-37)57-46-28-15-25-43-41-24-12-11-23-39(41)33-49(55(43)46)58(57)53(56(45)50)38-21-9-4-10-22-38/h2-31,33-35H,32H2,1H3. The van der Waals surface area contributed by atoms with E-state index in [4.69, 9.17) is 0 Å². The van der Waals surface area contributed by atoms with Crippen LogP contribution in [0.5, 0.6) is 0 Å². The highest BCUT2D eigenvalue weighted by molar-refractivity contribution is 6.46. The molecule has 0 amide bonds. The smallest absolute Gasteiger partial charge is 0.0215 e. The van der Waals surface area contributed by atoms with E-state index in [9.17, 15) is 0 Å². The Kier molecular flexibility index (Phi) is 6.73. The topological polar surface area (TPSA) is 0 Å². The van der Waals surface area contributed by atoms with Crippen LogP contribution in [0, 0.1) is 0 Å². The van der Waals surface area contributed by atoms with Crippen molar-refractivity contribution in [2.24, 2.45) is 0 Å². The maximum absolute atomic E-state index is 2.57. The van der Waals surface area contributed by atoms with E-state index in [1.807, 2.05) is 0 Å². The lowest BCUT2D eigenvalue weighted by molar-refractivity contribution is 0.622. The van der Waals surface area contributed by atoms with E-state index >= 15 is 0 Å². The molecule has 12 aromatic carbocycles. The van der Waals surface area contributed by atoms with Gasteiger partial charge >= 0.3 is 0 Å². The molecule has 0 aromatic heterocycles. The van der Waals surface area contributed by atoms with E-state index < -0.39 is 0 Å². The molecule has 12 aromatic rings. The second kappa shape index (κ2) is 12.1. The molecule has 0 radical (unpaired) electrons. The first-order chi connectivity index (χ1) is 29.2. The highest BCUT2D eigenvalue weighted by atomic mass is 14.4. The summed E-state index contributed by atoms with van der Waals surface area (Å²) in [4.78, 5) is 0. The van der Waals surface area contributed by atoms with Crippen LogP contribution in [-0.4, -0.2) is 0 Å². The second-order valence-corrected chi connectivity index (χ2v) is 16.9. The molecule has 1 aliphatic carbocycles. The number of hydrogen-bond acceptors (Lipinski definition) is 0. The van der Waals surface area contributed by atoms with Gasteiger partial charge in [-0.1, -0.05) is 189 Å². The zero-order valence-electron chi connectivity index (χ0n) is 32.8. The Morgan fingerprint density at radius 3 is 1.68 bits per heavy atom. The third kappa shape index (κ3) is 4.44. The van der Waals surface area contributed by atoms with Gasteiger partial charge in [-0.25, -0.2) is 0 Å². The predicted molar refractivity (Wildman–Crippen MR) is 255 cm³/mol. The second-order valence-electron chi connectivity index (χ2n) is 16.9. The van der Waals surface area contributed by atoms with Crippen molar-refractivity contribution in [2.45, 2.75) is 18.8 Å². The minimum atomic E-state index is -0.166. The van der Waals surface area contributed by atoms with Gasteiger partial charge in [0.05, 0.1) is 0 Å². The maximum atomic E-state index is 2.57. The summed E-state index contributed by atoms with van der Waals surface area (Å²) in [5, 5.41) is 21.2. The molecule has 0 bridgehead atoms. The molecule has 0 fully saturated rings. The molecule has 59 heavy (non-hydrogen) atoms. The molecule has 0 heterocycles. The Bertz CT molecular complexity index is 3720. The summed E-state index contributed by atoms with van der Waals surface area (Å²) in [6.45, 7) is 2.43. The van der Waals surface area contributed by atoms with Gasteiger partial charge in [0.2, 0.25) is 0 Å². The van der Waals surface area contributed by atoms with Crippen molar-refractivity contribution in [3.63, 3.8) is 0 Å². The van der Waals surface area contributed by atoms with Gasteiger partial charge in [-0.2, -0.15) is 0 Å².